The predicted octanol–water partition coefficient (Wildman–Crippen LogP) is 2.30. The first-order chi connectivity index (χ1) is 5.69. The van der Waals surface area contributed by atoms with Crippen molar-refractivity contribution in [1.29, 1.82) is 0 Å². The first kappa shape index (κ1) is 7.49. The molecule has 1 aliphatic rings. The molecule has 0 saturated heterocycles. The molecule has 1 aromatic heterocycles. The van der Waals surface area contributed by atoms with Crippen molar-refractivity contribution in [3.05, 3.63) is 23.0 Å². The Labute approximate surface area is 73.2 Å². The van der Waals surface area contributed by atoms with Gasteiger partial charge in [-0.15, -0.1) is 6.42 Å². The molecule has 0 amide bonds. The summed E-state index contributed by atoms with van der Waals surface area (Å²) in [5.41, 5.74) is 4.00. The highest BCUT2D eigenvalue weighted by Crippen LogP contribution is 2.49. The normalized spacial score (nSPS) is 18.8. The van der Waals surface area contributed by atoms with Gasteiger partial charge in [0.1, 0.15) is 0 Å². The molecule has 12 heavy (non-hydrogen) atoms. The molecule has 1 nitrogen and oxygen atoms in total. The summed E-state index contributed by atoms with van der Waals surface area (Å²) in [5, 5.41) is 0. The molecule has 1 heterocycles. The number of hydrogen-bond donors (Lipinski definition) is 1. The Balaban J connectivity index is 2.54. The van der Waals surface area contributed by atoms with Crippen molar-refractivity contribution in [1.82, 2.24) is 4.98 Å². The number of aromatic nitrogens is 1. The van der Waals surface area contributed by atoms with Crippen molar-refractivity contribution in [2.24, 2.45) is 0 Å². The van der Waals surface area contributed by atoms with E-state index in [1.54, 1.807) is 0 Å². The lowest BCUT2D eigenvalue weighted by Crippen LogP contribution is -2.04. The molecule has 0 aliphatic heterocycles. The average molecular weight is 159 g/mol. The molecule has 1 saturated carbocycles. The highest BCUT2D eigenvalue weighted by atomic mass is 14.7. The molecule has 0 bridgehead atoms. The van der Waals surface area contributed by atoms with Gasteiger partial charge in [0.25, 0.3) is 0 Å². The summed E-state index contributed by atoms with van der Waals surface area (Å²) in [6.45, 7) is 4.22. The van der Waals surface area contributed by atoms with Gasteiger partial charge in [-0.3, -0.25) is 0 Å². The fraction of sp³-hybridized carbons (Fsp3) is 0.455. The van der Waals surface area contributed by atoms with E-state index in [9.17, 15) is 0 Å². The summed E-state index contributed by atoms with van der Waals surface area (Å²) in [4.78, 5) is 3.22. The Morgan fingerprint density at radius 3 is 2.50 bits per heavy atom. The largest absolute Gasteiger partial charge is 0.365 e. The van der Waals surface area contributed by atoms with Crippen molar-refractivity contribution in [3.63, 3.8) is 0 Å². The van der Waals surface area contributed by atoms with Gasteiger partial charge in [0.2, 0.25) is 0 Å². The van der Waals surface area contributed by atoms with Crippen LogP contribution in [0.1, 0.15) is 29.7 Å². The summed E-state index contributed by atoms with van der Waals surface area (Å²) in [6.07, 6.45) is 9.89. The molecular formula is C11H13N. The van der Waals surface area contributed by atoms with Crippen LogP contribution in [0.3, 0.4) is 0 Å². The van der Waals surface area contributed by atoms with Crippen LogP contribution in [0.15, 0.2) is 6.20 Å². The quantitative estimate of drug-likeness (QED) is 0.605. The number of rotatable bonds is 1. The van der Waals surface area contributed by atoms with Crippen molar-refractivity contribution in [2.75, 3.05) is 0 Å². The van der Waals surface area contributed by atoms with Crippen LogP contribution in [0.4, 0.5) is 0 Å². The zero-order valence-electron chi connectivity index (χ0n) is 7.57. The number of terminal acetylenes is 1. The van der Waals surface area contributed by atoms with E-state index in [4.69, 9.17) is 6.42 Å². The fourth-order valence-electron chi connectivity index (χ4n) is 1.98. The third-order valence-electron chi connectivity index (χ3n) is 2.78. The standard InChI is InChI=1S/C11H13N/c1-4-11(5-6-11)10-8(2)7-12-9(10)3/h1,7,12H,5-6H2,2-3H3. The van der Waals surface area contributed by atoms with Gasteiger partial charge in [0.05, 0.1) is 5.41 Å². The zero-order chi connectivity index (χ0) is 8.77. The molecule has 1 aromatic rings. The monoisotopic (exact) mass is 159 g/mol. The third-order valence-corrected chi connectivity index (χ3v) is 2.78. The van der Waals surface area contributed by atoms with E-state index >= 15 is 0 Å². The van der Waals surface area contributed by atoms with Gasteiger partial charge < -0.3 is 4.98 Å². The summed E-state index contributed by atoms with van der Waals surface area (Å²) >= 11 is 0. The number of aryl methyl sites for hydroxylation is 2. The number of aromatic amines is 1. The van der Waals surface area contributed by atoms with Crippen molar-refractivity contribution in [2.45, 2.75) is 32.1 Å². The third kappa shape index (κ3) is 0.814. The zero-order valence-corrected chi connectivity index (χ0v) is 7.57. The van der Waals surface area contributed by atoms with E-state index < -0.39 is 0 Å². The van der Waals surface area contributed by atoms with Gasteiger partial charge in [-0.1, -0.05) is 5.92 Å². The molecule has 1 heteroatoms. The van der Waals surface area contributed by atoms with Gasteiger partial charge in [0, 0.05) is 11.9 Å². The van der Waals surface area contributed by atoms with E-state index in [-0.39, 0.29) is 5.41 Å². The summed E-state index contributed by atoms with van der Waals surface area (Å²) in [7, 11) is 0. The predicted molar refractivity (Wildman–Crippen MR) is 50.0 cm³/mol. The maximum Gasteiger partial charge on any atom is 0.0581 e. The lowest BCUT2D eigenvalue weighted by atomic mass is 9.94. The maximum atomic E-state index is 5.53. The first-order valence-electron chi connectivity index (χ1n) is 4.32. The second-order valence-electron chi connectivity index (χ2n) is 3.70. The molecule has 0 aromatic carbocycles. The van der Waals surface area contributed by atoms with Crippen LogP contribution in [-0.4, -0.2) is 4.98 Å². The van der Waals surface area contributed by atoms with Crippen LogP contribution in [0.5, 0.6) is 0 Å². The Kier molecular flexibility index (Phi) is 1.35. The molecule has 0 radical (unpaired) electrons. The molecule has 0 atom stereocenters. The molecule has 2 rings (SSSR count). The van der Waals surface area contributed by atoms with Crippen LogP contribution in [0.25, 0.3) is 0 Å². The van der Waals surface area contributed by atoms with Gasteiger partial charge in [-0.25, -0.2) is 0 Å². The molecule has 0 unspecified atom stereocenters. The average Bonchev–Trinajstić information content (AvgIpc) is 2.77. The van der Waals surface area contributed by atoms with E-state index in [2.05, 4.69) is 24.8 Å². The molecular weight excluding hydrogens is 146 g/mol. The fourth-order valence-corrected chi connectivity index (χ4v) is 1.98. The smallest absolute Gasteiger partial charge is 0.0581 e. The minimum atomic E-state index is 0.0914. The van der Waals surface area contributed by atoms with Gasteiger partial charge >= 0.3 is 0 Å². The van der Waals surface area contributed by atoms with Crippen molar-refractivity contribution < 1.29 is 0 Å². The molecule has 1 aliphatic carbocycles. The summed E-state index contributed by atoms with van der Waals surface area (Å²) in [6, 6.07) is 0. The molecule has 1 N–H and O–H groups in total. The number of nitrogens with one attached hydrogen (secondary N) is 1. The van der Waals surface area contributed by atoms with Gasteiger partial charge in [-0.2, -0.15) is 0 Å². The topological polar surface area (TPSA) is 15.8 Å². The van der Waals surface area contributed by atoms with E-state index in [0.29, 0.717) is 0 Å². The van der Waals surface area contributed by atoms with Gasteiger partial charge in [0.15, 0.2) is 0 Å². The molecule has 1 fully saturated rings. The minimum absolute atomic E-state index is 0.0914. The Hall–Kier alpha value is -1.16. The maximum absolute atomic E-state index is 5.53. The number of hydrogen-bond acceptors (Lipinski definition) is 0. The van der Waals surface area contributed by atoms with Crippen molar-refractivity contribution >= 4 is 0 Å². The van der Waals surface area contributed by atoms with E-state index in [1.165, 1.54) is 16.8 Å². The van der Waals surface area contributed by atoms with Crippen LogP contribution < -0.4 is 0 Å². The lowest BCUT2D eigenvalue weighted by molar-refractivity contribution is 0.905. The highest BCUT2D eigenvalue weighted by Gasteiger charge is 2.44. The Bertz CT molecular complexity index is 328. The first-order valence-corrected chi connectivity index (χ1v) is 4.32. The Morgan fingerprint density at radius 2 is 2.17 bits per heavy atom. The molecule has 62 valence electrons. The molecule has 0 spiro atoms. The van der Waals surface area contributed by atoms with Crippen LogP contribution in [0.2, 0.25) is 0 Å². The lowest BCUT2D eigenvalue weighted by Gasteiger charge is -2.08. The van der Waals surface area contributed by atoms with Crippen molar-refractivity contribution in [3.8, 4) is 12.3 Å². The highest BCUT2D eigenvalue weighted by molar-refractivity contribution is 5.47. The second-order valence-corrected chi connectivity index (χ2v) is 3.70. The van der Waals surface area contributed by atoms with E-state index in [1.807, 2.05) is 6.20 Å². The summed E-state index contributed by atoms with van der Waals surface area (Å²) < 4.78 is 0. The van der Waals surface area contributed by atoms with Gasteiger partial charge in [-0.05, 0) is 37.8 Å². The Morgan fingerprint density at radius 1 is 1.50 bits per heavy atom. The van der Waals surface area contributed by atoms with Crippen LogP contribution >= 0.6 is 0 Å². The summed E-state index contributed by atoms with van der Waals surface area (Å²) in [5.74, 6) is 2.92. The minimum Gasteiger partial charge on any atom is -0.365 e. The van der Waals surface area contributed by atoms with Crippen LogP contribution in [0, 0.1) is 26.2 Å². The van der Waals surface area contributed by atoms with Crippen LogP contribution in [-0.2, 0) is 5.41 Å². The number of H-pyrrole nitrogens is 1. The SMILES string of the molecule is C#CC1(c2c(C)c[nH]c2C)CC1. The van der Waals surface area contributed by atoms with E-state index in [0.717, 1.165) is 12.8 Å². The second kappa shape index (κ2) is 2.17.